The van der Waals surface area contributed by atoms with E-state index in [1.54, 1.807) is 13.2 Å². The van der Waals surface area contributed by atoms with Gasteiger partial charge in [0.05, 0.1) is 12.6 Å². The molecule has 112 valence electrons. The number of ether oxygens (including phenoxy) is 1. The largest absolute Gasteiger partial charge is 0.481 e. The first-order chi connectivity index (χ1) is 10.2. The fourth-order valence-corrected chi connectivity index (χ4v) is 2.68. The molecule has 7 heteroatoms. The molecule has 0 bridgehead atoms. The molecule has 2 N–H and O–H groups in total. The third-order valence-corrected chi connectivity index (χ3v) is 3.93. The Hall–Kier alpha value is -2.02. The van der Waals surface area contributed by atoms with Crippen LogP contribution in [0.1, 0.15) is 44.4 Å². The lowest BCUT2D eigenvalue weighted by Crippen LogP contribution is -2.36. The second-order valence-electron chi connectivity index (χ2n) is 5.44. The summed E-state index contributed by atoms with van der Waals surface area (Å²) in [6.07, 6.45) is 7.77. The molecule has 7 nitrogen and oxygen atoms in total. The lowest BCUT2D eigenvalue weighted by molar-refractivity contribution is 0.257. The molecule has 0 saturated heterocycles. The molecule has 2 heterocycles. The van der Waals surface area contributed by atoms with E-state index in [9.17, 15) is 0 Å². The Morgan fingerprint density at radius 3 is 2.67 bits per heavy atom. The van der Waals surface area contributed by atoms with Crippen molar-refractivity contribution in [3.05, 3.63) is 18.3 Å². The second-order valence-corrected chi connectivity index (χ2v) is 5.44. The summed E-state index contributed by atoms with van der Waals surface area (Å²) in [5.41, 5.74) is 6.52. The summed E-state index contributed by atoms with van der Waals surface area (Å²) < 4.78 is 10.5. The summed E-state index contributed by atoms with van der Waals surface area (Å²) in [5, 5.41) is 4.00. The van der Waals surface area contributed by atoms with Crippen LogP contribution in [-0.4, -0.2) is 27.2 Å². The summed E-state index contributed by atoms with van der Waals surface area (Å²) >= 11 is 0. The zero-order valence-electron chi connectivity index (χ0n) is 12.1. The molecular formula is C14H19N5O2. The van der Waals surface area contributed by atoms with Crippen molar-refractivity contribution in [2.75, 3.05) is 7.11 Å². The van der Waals surface area contributed by atoms with E-state index in [-0.39, 0.29) is 0 Å². The highest BCUT2D eigenvalue weighted by molar-refractivity contribution is 5.49. The molecule has 1 fully saturated rings. The summed E-state index contributed by atoms with van der Waals surface area (Å²) in [7, 11) is 1.55. The predicted octanol–water partition coefficient (Wildman–Crippen LogP) is 2.04. The van der Waals surface area contributed by atoms with Crippen LogP contribution >= 0.6 is 0 Å². The van der Waals surface area contributed by atoms with Crippen LogP contribution in [0.4, 0.5) is 0 Å². The number of rotatable bonds is 3. The van der Waals surface area contributed by atoms with E-state index in [1.807, 2.05) is 0 Å². The first-order valence-corrected chi connectivity index (χ1v) is 7.21. The predicted molar refractivity (Wildman–Crippen MR) is 75.4 cm³/mol. The van der Waals surface area contributed by atoms with Gasteiger partial charge in [-0.2, -0.15) is 4.98 Å². The van der Waals surface area contributed by atoms with Gasteiger partial charge in [0.1, 0.15) is 12.0 Å². The summed E-state index contributed by atoms with van der Waals surface area (Å²) in [5.74, 6) is 1.38. The highest BCUT2D eigenvalue weighted by atomic mass is 16.5. The molecule has 0 radical (unpaired) electrons. The van der Waals surface area contributed by atoms with Gasteiger partial charge in [-0.1, -0.05) is 30.8 Å². The zero-order valence-corrected chi connectivity index (χ0v) is 12.1. The zero-order chi connectivity index (χ0) is 14.7. The van der Waals surface area contributed by atoms with Gasteiger partial charge in [-0.15, -0.1) is 0 Å². The molecular weight excluding hydrogens is 270 g/mol. The lowest BCUT2D eigenvalue weighted by atomic mass is 9.91. The number of methoxy groups -OCH3 is 1. The number of aromatic nitrogens is 4. The van der Waals surface area contributed by atoms with Gasteiger partial charge in [0, 0.05) is 6.07 Å². The standard InChI is InChI=1S/C14H19N5O2/c1-20-11-8-10(16-9-17-11)12-18-13(21-19-12)14(15)6-4-2-3-5-7-14/h8-9H,2-7,15H2,1H3. The third kappa shape index (κ3) is 2.87. The molecule has 0 amide bonds. The fraction of sp³-hybridized carbons (Fsp3) is 0.571. The highest BCUT2D eigenvalue weighted by Crippen LogP contribution is 2.33. The number of nitrogens with zero attached hydrogens (tertiary/aromatic N) is 4. The Labute approximate surface area is 122 Å². The summed E-state index contributed by atoms with van der Waals surface area (Å²) in [4.78, 5) is 12.5. The smallest absolute Gasteiger partial charge is 0.247 e. The van der Waals surface area contributed by atoms with E-state index in [4.69, 9.17) is 15.0 Å². The maximum Gasteiger partial charge on any atom is 0.247 e. The van der Waals surface area contributed by atoms with Gasteiger partial charge < -0.3 is 15.0 Å². The van der Waals surface area contributed by atoms with Gasteiger partial charge in [-0.25, -0.2) is 9.97 Å². The van der Waals surface area contributed by atoms with Crippen LogP contribution in [0.3, 0.4) is 0 Å². The van der Waals surface area contributed by atoms with Crippen LogP contribution in [0.2, 0.25) is 0 Å². The molecule has 1 aliphatic rings. The van der Waals surface area contributed by atoms with Gasteiger partial charge in [-0.3, -0.25) is 0 Å². The van der Waals surface area contributed by atoms with Crippen LogP contribution in [0, 0.1) is 0 Å². The fourth-order valence-electron chi connectivity index (χ4n) is 2.68. The Bertz CT molecular complexity index is 605. The first-order valence-electron chi connectivity index (χ1n) is 7.21. The van der Waals surface area contributed by atoms with E-state index >= 15 is 0 Å². The monoisotopic (exact) mass is 289 g/mol. The minimum atomic E-state index is -0.515. The van der Waals surface area contributed by atoms with E-state index in [0.717, 1.165) is 25.7 Å². The number of nitrogens with two attached hydrogens (primary N) is 1. The Morgan fingerprint density at radius 1 is 1.19 bits per heavy atom. The van der Waals surface area contributed by atoms with Crippen molar-refractivity contribution in [3.63, 3.8) is 0 Å². The Balaban J connectivity index is 1.88. The molecule has 0 atom stereocenters. The Kier molecular flexibility index (Phi) is 3.83. The third-order valence-electron chi connectivity index (χ3n) is 3.93. The van der Waals surface area contributed by atoms with Crippen LogP contribution in [0.5, 0.6) is 5.88 Å². The molecule has 2 aromatic rings. The average molecular weight is 289 g/mol. The molecule has 21 heavy (non-hydrogen) atoms. The normalized spacial score (nSPS) is 18.2. The molecule has 3 rings (SSSR count). The van der Waals surface area contributed by atoms with Crippen molar-refractivity contribution in [1.29, 1.82) is 0 Å². The van der Waals surface area contributed by atoms with Crippen molar-refractivity contribution >= 4 is 0 Å². The molecule has 0 aliphatic heterocycles. The van der Waals surface area contributed by atoms with Gasteiger partial charge in [0.25, 0.3) is 0 Å². The van der Waals surface area contributed by atoms with Crippen molar-refractivity contribution in [3.8, 4) is 17.4 Å². The number of hydrogen-bond donors (Lipinski definition) is 1. The SMILES string of the molecule is COc1cc(-c2noc(C3(N)CCCCCC3)n2)ncn1. The first kappa shape index (κ1) is 13.9. The minimum Gasteiger partial charge on any atom is -0.481 e. The van der Waals surface area contributed by atoms with Gasteiger partial charge in [0.2, 0.25) is 17.6 Å². The van der Waals surface area contributed by atoms with Crippen molar-refractivity contribution in [2.24, 2.45) is 5.73 Å². The van der Waals surface area contributed by atoms with Crippen LogP contribution in [-0.2, 0) is 5.54 Å². The molecule has 0 aromatic carbocycles. The van der Waals surface area contributed by atoms with E-state index in [0.29, 0.717) is 23.3 Å². The topological polar surface area (TPSA) is 100.0 Å². The van der Waals surface area contributed by atoms with E-state index in [2.05, 4.69) is 20.1 Å². The van der Waals surface area contributed by atoms with Crippen LogP contribution < -0.4 is 10.5 Å². The molecule has 1 aliphatic carbocycles. The second kappa shape index (κ2) is 5.77. The summed E-state index contributed by atoms with van der Waals surface area (Å²) in [6.45, 7) is 0. The quantitative estimate of drug-likeness (QED) is 0.863. The van der Waals surface area contributed by atoms with Crippen LogP contribution in [0.25, 0.3) is 11.5 Å². The van der Waals surface area contributed by atoms with Crippen molar-refractivity contribution in [2.45, 2.75) is 44.1 Å². The van der Waals surface area contributed by atoms with Crippen molar-refractivity contribution < 1.29 is 9.26 Å². The maximum atomic E-state index is 6.47. The minimum absolute atomic E-state index is 0.416. The number of hydrogen-bond acceptors (Lipinski definition) is 7. The highest BCUT2D eigenvalue weighted by Gasteiger charge is 2.34. The van der Waals surface area contributed by atoms with Gasteiger partial charge in [0.15, 0.2) is 0 Å². The molecule has 2 aromatic heterocycles. The summed E-state index contributed by atoms with van der Waals surface area (Å²) in [6, 6.07) is 1.67. The van der Waals surface area contributed by atoms with Crippen LogP contribution in [0.15, 0.2) is 16.9 Å². The van der Waals surface area contributed by atoms with Gasteiger partial charge in [-0.05, 0) is 12.8 Å². The van der Waals surface area contributed by atoms with Gasteiger partial charge >= 0.3 is 0 Å². The van der Waals surface area contributed by atoms with E-state index in [1.165, 1.54) is 19.2 Å². The maximum absolute atomic E-state index is 6.47. The Morgan fingerprint density at radius 2 is 1.95 bits per heavy atom. The van der Waals surface area contributed by atoms with Crippen molar-refractivity contribution in [1.82, 2.24) is 20.1 Å². The average Bonchev–Trinajstić information content (AvgIpc) is 2.92. The van der Waals surface area contributed by atoms with E-state index < -0.39 is 5.54 Å². The molecule has 0 spiro atoms. The lowest BCUT2D eigenvalue weighted by Gasteiger charge is -2.22. The molecule has 1 saturated carbocycles. The molecule has 0 unspecified atom stereocenters.